The van der Waals surface area contributed by atoms with E-state index in [1.54, 1.807) is 19.1 Å². The van der Waals surface area contributed by atoms with Gasteiger partial charge < -0.3 is 10.4 Å². The first kappa shape index (κ1) is 14.2. The van der Waals surface area contributed by atoms with Gasteiger partial charge in [-0.3, -0.25) is 4.79 Å². The molecule has 1 rings (SSSR count). The van der Waals surface area contributed by atoms with Gasteiger partial charge in [0.25, 0.3) is 5.91 Å². The van der Waals surface area contributed by atoms with Crippen LogP contribution in [-0.2, 0) is 4.79 Å². The summed E-state index contributed by atoms with van der Waals surface area (Å²) in [5.74, 6) is -0.241. The Balaban J connectivity index is 0.00000106. The Hall–Kier alpha value is -1.77. The Kier molecular flexibility index (Phi) is 6.68. The van der Waals surface area contributed by atoms with Crippen LogP contribution in [0.15, 0.2) is 41.7 Å². The van der Waals surface area contributed by atoms with Crippen LogP contribution in [0.4, 0.5) is 5.69 Å². The predicted octanol–water partition coefficient (Wildman–Crippen LogP) is 3.50. The molecule has 0 saturated carbocycles. The Labute approximate surface area is 96.8 Å². The number of allylic oxidation sites excluding steroid dienone is 1. The van der Waals surface area contributed by atoms with E-state index in [-0.39, 0.29) is 11.7 Å². The predicted molar refractivity (Wildman–Crippen MR) is 67.4 cm³/mol. The minimum absolute atomic E-state index is 0.0402. The van der Waals surface area contributed by atoms with Crippen molar-refractivity contribution in [1.82, 2.24) is 0 Å². The average Bonchev–Trinajstić information content (AvgIpc) is 2.31. The summed E-state index contributed by atoms with van der Waals surface area (Å²) in [5.41, 5.74) is 1.05. The van der Waals surface area contributed by atoms with E-state index in [1.807, 2.05) is 32.0 Å². The van der Waals surface area contributed by atoms with Crippen molar-refractivity contribution < 1.29 is 9.90 Å². The molecule has 16 heavy (non-hydrogen) atoms. The fourth-order valence-electron chi connectivity index (χ4n) is 0.911. The zero-order valence-corrected chi connectivity index (χ0v) is 10.2. The fraction of sp³-hybridized carbons (Fsp3) is 0.308. The van der Waals surface area contributed by atoms with Crippen LogP contribution in [0.1, 0.15) is 27.7 Å². The molecule has 0 heterocycles. The number of hydrogen-bond donors (Lipinski definition) is 2. The molecule has 0 radical (unpaired) electrons. The summed E-state index contributed by atoms with van der Waals surface area (Å²) in [7, 11) is 0. The van der Waals surface area contributed by atoms with Gasteiger partial charge in [0.15, 0.2) is 0 Å². The third kappa shape index (κ3) is 4.64. The van der Waals surface area contributed by atoms with Crippen LogP contribution >= 0.6 is 0 Å². The van der Waals surface area contributed by atoms with Crippen LogP contribution in [0.2, 0.25) is 0 Å². The van der Waals surface area contributed by atoms with E-state index in [9.17, 15) is 4.79 Å². The number of amides is 1. The summed E-state index contributed by atoms with van der Waals surface area (Å²) >= 11 is 0. The molecule has 0 aliphatic rings. The number of para-hydroxylation sites is 1. The molecule has 3 nitrogen and oxygen atoms in total. The molecule has 0 bridgehead atoms. The topological polar surface area (TPSA) is 49.3 Å². The second kappa shape index (κ2) is 7.51. The molecule has 0 unspecified atom stereocenters. The van der Waals surface area contributed by atoms with E-state index in [0.29, 0.717) is 5.57 Å². The van der Waals surface area contributed by atoms with Gasteiger partial charge in [0.1, 0.15) is 0 Å². The lowest BCUT2D eigenvalue weighted by atomic mass is 10.2. The Bertz CT molecular complexity index is 351. The fourth-order valence-corrected chi connectivity index (χ4v) is 0.911. The largest absolute Gasteiger partial charge is 0.512 e. The van der Waals surface area contributed by atoms with Gasteiger partial charge >= 0.3 is 0 Å². The first-order chi connectivity index (χ1) is 7.61. The monoisotopic (exact) mass is 221 g/mol. The standard InChI is InChI=1S/C11H13NO2.C2H6/c1-8(9(2)13)11(14)12-10-6-4-3-5-7-10;1-2/h3-7,13H,1-2H3,(H,12,14);1-2H3/b9-8+;. The van der Waals surface area contributed by atoms with Crippen molar-refractivity contribution in [3.05, 3.63) is 41.7 Å². The maximum absolute atomic E-state index is 11.4. The normalized spacial score (nSPS) is 10.8. The average molecular weight is 221 g/mol. The molecule has 0 spiro atoms. The summed E-state index contributed by atoms with van der Waals surface area (Å²) in [6.45, 7) is 7.06. The molecule has 0 aliphatic carbocycles. The third-order valence-corrected chi connectivity index (χ3v) is 1.91. The highest BCUT2D eigenvalue weighted by molar-refractivity contribution is 6.03. The van der Waals surface area contributed by atoms with Crippen molar-refractivity contribution in [1.29, 1.82) is 0 Å². The zero-order chi connectivity index (χ0) is 12.6. The molecule has 1 aromatic carbocycles. The molecule has 3 heteroatoms. The van der Waals surface area contributed by atoms with Gasteiger partial charge in [-0.1, -0.05) is 32.0 Å². The molecule has 0 aliphatic heterocycles. The Morgan fingerprint density at radius 3 is 2.06 bits per heavy atom. The summed E-state index contributed by atoms with van der Waals surface area (Å²) in [5, 5.41) is 11.8. The first-order valence-electron chi connectivity index (χ1n) is 5.34. The van der Waals surface area contributed by atoms with Crippen molar-refractivity contribution >= 4 is 11.6 Å². The van der Waals surface area contributed by atoms with Gasteiger partial charge in [0.2, 0.25) is 0 Å². The second-order valence-electron chi connectivity index (χ2n) is 3.03. The number of anilines is 1. The maximum atomic E-state index is 11.4. The molecule has 0 atom stereocenters. The molecular formula is C13H19NO2. The molecule has 0 saturated heterocycles. The van der Waals surface area contributed by atoms with Crippen LogP contribution in [0.3, 0.4) is 0 Å². The lowest BCUT2D eigenvalue weighted by Crippen LogP contribution is -2.13. The quantitative estimate of drug-likeness (QED) is 0.593. The maximum Gasteiger partial charge on any atom is 0.254 e. The second-order valence-corrected chi connectivity index (χ2v) is 3.03. The van der Waals surface area contributed by atoms with E-state index >= 15 is 0 Å². The van der Waals surface area contributed by atoms with E-state index in [1.165, 1.54) is 6.92 Å². The van der Waals surface area contributed by atoms with Crippen LogP contribution < -0.4 is 5.32 Å². The molecule has 1 amide bonds. The number of benzene rings is 1. The SMILES string of the molecule is C/C(O)=C(/C)C(=O)Nc1ccccc1.CC. The van der Waals surface area contributed by atoms with E-state index in [4.69, 9.17) is 5.11 Å². The Morgan fingerprint density at radius 2 is 1.62 bits per heavy atom. The van der Waals surface area contributed by atoms with Crippen molar-refractivity contribution in [2.75, 3.05) is 5.32 Å². The van der Waals surface area contributed by atoms with Crippen LogP contribution in [0.5, 0.6) is 0 Å². The van der Waals surface area contributed by atoms with Crippen LogP contribution in [-0.4, -0.2) is 11.0 Å². The van der Waals surface area contributed by atoms with E-state index in [0.717, 1.165) is 5.69 Å². The number of nitrogens with one attached hydrogen (secondary N) is 1. The van der Waals surface area contributed by atoms with Gasteiger partial charge in [-0.25, -0.2) is 0 Å². The molecular weight excluding hydrogens is 202 g/mol. The van der Waals surface area contributed by atoms with Crippen molar-refractivity contribution in [3.63, 3.8) is 0 Å². The van der Waals surface area contributed by atoms with Crippen LogP contribution in [0, 0.1) is 0 Å². The molecule has 2 N–H and O–H groups in total. The first-order valence-corrected chi connectivity index (χ1v) is 5.34. The number of aliphatic hydroxyl groups excluding tert-OH is 1. The number of carbonyl (C=O) groups excluding carboxylic acids is 1. The highest BCUT2D eigenvalue weighted by Crippen LogP contribution is 2.08. The summed E-state index contributed by atoms with van der Waals surface area (Å²) in [6.07, 6.45) is 0. The summed E-state index contributed by atoms with van der Waals surface area (Å²) in [4.78, 5) is 11.4. The van der Waals surface area contributed by atoms with E-state index in [2.05, 4.69) is 5.32 Å². The lowest BCUT2D eigenvalue weighted by molar-refractivity contribution is -0.113. The number of hydrogen-bond acceptors (Lipinski definition) is 2. The Morgan fingerprint density at radius 1 is 1.12 bits per heavy atom. The number of rotatable bonds is 2. The molecule has 1 aromatic rings. The molecule has 88 valence electrons. The zero-order valence-electron chi connectivity index (χ0n) is 10.2. The van der Waals surface area contributed by atoms with Crippen LogP contribution in [0.25, 0.3) is 0 Å². The molecule has 0 aromatic heterocycles. The molecule has 0 fully saturated rings. The minimum atomic E-state index is -0.281. The third-order valence-electron chi connectivity index (χ3n) is 1.91. The smallest absolute Gasteiger partial charge is 0.254 e. The van der Waals surface area contributed by atoms with Gasteiger partial charge in [-0.2, -0.15) is 0 Å². The van der Waals surface area contributed by atoms with Crippen molar-refractivity contribution in [3.8, 4) is 0 Å². The van der Waals surface area contributed by atoms with Gasteiger partial charge in [0, 0.05) is 5.69 Å². The number of aliphatic hydroxyl groups is 1. The lowest BCUT2D eigenvalue weighted by Gasteiger charge is -2.05. The van der Waals surface area contributed by atoms with Gasteiger partial charge in [-0.15, -0.1) is 0 Å². The van der Waals surface area contributed by atoms with Gasteiger partial charge in [0.05, 0.1) is 11.3 Å². The summed E-state index contributed by atoms with van der Waals surface area (Å²) < 4.78 is 0. The highest BCUT2D eigenvalue weighted by Gasteiger charge is 2.06. The number of carbonyl (C=O) groups is 1. The van der Waals surface area contributed by atoms with Crippen molar-refractivity contribution in [2.45, 2.75) is 27.7 Å². The summed E-state index contributed by atoms with van der Waals surface area (Å²) in [6, 6.07) is 9.12. The van der Waals surface area contributed by atoms with Crippen molar-refractivity contribution in [2.24, 2.45) is 0 Å². The highest BCUT2D eigenvalue weighted by atomic mass is 16.3. The van der Waals surface area contributed by atoms with Gasteiger partial charge in [-0.05, 0) is 26.0 Å². The minimum Gasteiger partial charge on any atom is -0.512 e. The van der Waals surface area contributed by atoms with E-state index < -0.39 is 0 Å².